The molecule has 0 aromatic heterocycles. The van der Waals surface area contributed by atoms with Gasteiger partial charge < -0.3 is 0 Å². The molecule has 126 valence electrons. The minimum absolute atomic E-state index is 0.158. The van der Waals surface area contributed by atoms with Crippen LogP contribution < -0.4 is 5.43 Å². The van der Waals surface area contributed by atoms with Crippen LogP contribution in [-0.4, -0.2) is 18.4 Å². The Morgan fingerprint density at radius 3 is 2.58 bits per heavy atom. The summed E-state index contributed by atoms with van der Waals surface area (Å²) in [6.07, 6.45) is 3.46. The molecule has 0 aliphatic rings. The van der Waals surface area contributed by atoms with Crippen LogP contribution in [0.2, 0.25) is 20.1 Å². The molecule has 3 nitrogen and oxygen atoms in total. The van der Waals surface area contributed by atoms with Gasteiger partial charge in [-0.2, -0.15) is 5.10 Å². The van der Waals surface area contributed by atoms with Crippen molar-refractivity contribution in [1.29, 1.82) is 0 Å². The van der Waals surface area contributed by atoms with Crippen LogP contribution >= 0.6 is 58.2 Å². The minimum Gasteiger partial charge on any atom is -0.273 e. The number of hydrazone groups is 1. The molecule has 8 heteroatoms. The van der Waals surface area contributed by atoms with Crippen LogP contribution in [0.3, 0.4) is 0 Å². The van der Waals surface area contributed by atoms with Gasteiger partial charge in [0, 0.05) is 15.5 Å². The zero-order valence-corrected chi connectivity index (χ0v) is 16.3. The van der Waals surface area contributed by atoms with Crippen LogP contribution in [0.15, 0.2) is 40.3 Å². The smallest absolute Gasteiger partial charge is 0.244 e. The third kappa shape index (κ3) is 5.04. The van der Waals surface area contributed by atoms with E-state index in [1.807, 2.05) is 12.3 Å². The molecule has 0 aliphatic heterocycles. The van der Waals surface area contributed by atoms with Gasteiger partial charge in [0.15, 0.2) is 0 Å². The summed E-state index contributed by atoms with van der Waals surface area (Å²) in [5.41, 5.74) is 3.72. The van der Waals surface area contributed by atoms with Crippen LogP contribution in [0, 0.1) is 0 Å². The van der Waals surface area contributed by atoms with E-state index in [4.69, 9.17) is 46.4 Å². The van der Waals surface area contributed by atoms with Crippen molar-refractivity contribution in [2.75, 3.05) is 6.26 Å². The maximum Gasteiger partial charge on any atom is 0.244 e. The Bertz CT molecular complexity index is 796. The molecule has 24 heavy (non-hydrogen) atoms. The Hall–Kier alpha value is -0.910. The van der Waals surface area contributed by atoms with Gasteiger partial charge in [-0.1, -0.05) is 46.4 Å². The lowest BCUT2D eigenvalue weighted by atomic mass is 10.1. The van der Waals surface area contributed by atoms with Gasteiger partial charge in [0.05, 0.1) is 27.7 Å². The third-order valence-electron chi connectivity index (χ3n) is 3.06. The maximum atomic E-state index is 12.0. The summed E-state index contributed by atoms with van der Waals surface area (Å²) < 4.78 is 0. The van der Waals surface area contributed by atoms with Gasteiger partial charge in [-0.15, -0.1) is 11.8 Å². The monoisotopic (exact) mass is 420 g/mol. The first kappa shape index (κ1) is 19.4. The summed E-state index contributed by atoms with van der Waals surface area (Å²) in [7, 11) is 0. The van der Waals surface area contributed by atoms with E-state index in [1.165, 1.54) is 6.21 Å². The summed E-state index contributed by atoms with van der Waals surface area (Å²) in [6.45, 7) is 0. The molecule has 0 heterocycles. The zero-order valence-electron chi connectivity index (χ0n) is 12.4. The van der Waals surface area contributed by atoms with Crippen LogP contribution in [0.4, 0.5) is 0 Å². The minimum atomic E-state index is -0.280. The van der Waals surface area contributed by atoms with E-state index in [0.29, 0.717) is 20.6 Å². The number of hydrogen-bond acceptors (Lipinski definition) is 3. The number of rotatable bonds is 5. The van der Waals surface area contributed by atoms with E-state index in [2.05, 4.69) is 10.5 Å². The maximum absolute atomic E-state index is 12.0. The van der Waals surface area contributed by atoms with E-state index >= 15 is 0 Å². The number of carbonyl (C=O) groups excluding carboxylic acids is 1. The van der Waals surface area contributed by atoms with Crippen molar-refractivity contribution in [2.45, 2.75) is 11.3 Å². The second-order valence-electron chi connectivity index (χ2n) is 4.68. The summed E-state index contributed by atoms with van der Waals surface area (Å²) in [5.74, 6) is -0.280. The molecule has 0 saturated carbocycles. The Kier molecular flexibility index (Phi) is 7.26. The molecule has 2 rings (SSSR count). The van der Waals surface area contributed by atoms with Crippen LogP contribution in [0.25, 0.3) is 0 Å². The van der Waals surface area contributed by atoms with E-state index in [0.717, 1.165) is 10.5 Å². The lowest BCUT2D eigenvalue weighted by Gasteiger charge is -2.07. The molecule has 2 aromatic rings. The summed E-state index contributed by atoms with van der Waals surface area (Å²) >= 11 is 25.6. The summed E-state index contributed by atoms with van der Waals surface area (Å²) in [6, 6.07) is 8.63. The topological polar surface area (TPSA) is 41.5 Å². The van der Waals surface area contributed by atoms with E-state index < -0.39 is 0 Å². The third-order valence-corrected chi connectivity index (χ3v) is 5.28. The largest absolute Gasteiger partial charge is 0.273 e. The lowest BCUT2D eigenvalue weighted by Crippen LogP contribution is -2.20. The fourth-order valence-electron chi connectivity index (χ4n) is 1.93. The number of benzene rings is 2. The molecular weight excluding hydrogens is 410 g/mol. The molecular formula is C16H12Cl4N2OS. The number of hydrogen-bond donors (Lipinski definition) is 1. The van der Waals surface area contributed by atoms with Crippen molar-refractivity contribution in [1.82, 2.24) is 5.43 Å². The number of nitrogens with one attached hydrogen (secondary N) is 1. The average molecular weight is 422 g/mol. The van der Waals surface area contributed by atoms with Gasteiger partial charge >= 0.3 is 0 Å². The highest BCUT2D eigenvalue weighted by atomic mass is 35.5. The number of carbonyl (C=O) groups is 1. The number of nitrogens with zero attached hydrogens (tertiary/aromatic N) is 1. The molecule has 0 fully saturated rings. The molecule has 0 bridgehead atoms. The average Bonchev–Trinajstić information content (AvgIpc) is 2.54. The Labute approximate surface area is 164 Å². The molecule has 0 atom stereocenters. The molecule has 0 radical (unpaired) electrons. The Balaban J connectivity index is 2.07. The van der Waals surface area contributed by atoms with Crippen molar-refractivity contribution in [3.63, 3.8) is 0 Å². The van der Waals surface area contributed by atoms with Crippen molar-refractivity contribution in [3.8, 4) is 0 Å². The quantitative estimate of drug-likeness (QED) is 0.290. The predicted molar refractivity (Wildman–Crippen MR) is 104 cm³/mol. The van der Waals surface area contributed by atoms with Crippen molar-refractivity contribution in [3.05, 3.63) is 61.5 Å². The molecule has 2 aromatic carbocycles. The van der Waals surface area contributed by atoms with Gasteiger partial charge in [0.25, 0.3) is 0 Å². The molecule has 0 aliphatic carbocycles. The summed E-state index contributed by atoms with van der Waals surface area (Å²) in [5, 5.41) is 5.50. The molecule has 1 N–H and O–H groups in total. The van der Waals surface area contributed by atoms with Gasteiger partial charge in [0.2, 0.25) is 5.91 Å². The second-order valence-corrected chi connectivity index (χ2v) is 7.16. The predicted octanol–water partition coefficient (Wildman–Crippen LogP) is 5.71. The fourth-order valence-corrected chi connectivity index (χ4v) is 3.35. The van der Waals surface area contributed by atoms with E-state index in [-0.39, 0.29) is 17.4 Å². The number of halogens is 4. The molecule has 0 spiro atoms. The van der Waals surface area contributed by atoms with Crippen LogP contribution in [0.1, 0.15) is 11.1 Å². The van der Waals surface area contributed by atoms with Gasteiger partial charge in [-0.3, -0.25) is 4.79 Å². The molecule has 0 unspecified atom stereocenters. The van der Waals surface area contributed by atoms with Crippen molar-refractivity contribution >= 4 is 70.3 Å². The SMILES string of the molecule is CSc1ccc(Cl)cc1CC(=O)N/N=C\c1c(Cl)ccc(Cl)c1Cl. The standard InChI is InChI=1S/C16H12Cl4N2OS/c1-24-14-5-2-10(17)6-9(14)7-15(23)22-21-8-11-12(18)3-4-13(19)16(11)20/h2-6,8H,7H2,1H3,(H,22,23)/b21-8-. The Morgan fingerprint density at radius 2 is 1.88 bits per heavy atom. The number of thioether (sulfide) groups is 1. The van der Waals surface area contributed by atoms with Crippen LogP contribution in [-0.2, 0) is 11.2 Å². The lowest BCUT2D eigenvalue weighted by molar-refractivity contribution is -0.120. The Morgan fingerprint density at radius 1 is 1.17 bits per heavy atom. The van der Waals surface area contributed by atoms with Gasteiger partial charge in [-0.25, -0.2) is 5.43 Å². The first-order valence-electron chi connectivity index (χ1n) is 6.70. The zero-order chi connectivity index (χ0) is 17.7. The highest BCUT2D eigenvalue weighted by Crippen LogP contribution is 2.30. The highest BCUT2D eigenvalue weighted by Gasteiger charge is 2.09. The normalized spacial score (nSPS) is 11.0. The van der Waals surface area contributed by atoms with Gasteiger partial charge in [-0.05, 0) is 42.2 Å². The van der Waals surface area contributed by atoms with Crippen molar-refractivity contribution < 1.29 is 4.79 Å². The first-order valence-corrected chi connectivity index (χ1v) is 9.44. The second kappa shape index (κ2) is 8.97. The summed E-state index contributed by atoms with van der Waals surface area (Å²) in [4.78, 5) is 13.0. The van der Waals surface area contributed by atoms with E-state index in [1.54, 1.807) is 36.0 Å². The highest BCUT2D eigenvalue weighted by molar-refractivity contribution is 7.98. The fraction of sp³-hybridized carbons (Fsp3) is 0.125. The molecule has 0 saturated heterocycles. The van der Waals surface area contributed by atoms with E-state index in [9.17, 15) is 4.79 Å². The first-order chi connectivity index (χ1) is 11.4. The van der Waals surface area contributed by atoms with Gasteiger partial charge in [0.1, 0.15) is 0 Å². The molecule has 1 amide bonds. The number of amides is 1. The van der Waals surface area contributed by atoms with Crippen molar-refractivity contribution in [2.24, 2.45) is 5.10 Å². The van der Waals surface area contributed by atoms with Crippen LogP contribution in [0.5, 0.6) is 0 Å².